The quantitative estimate of drug-likeness (QED) is 0.159. The second-order valence-corrected chi connectivity index (χ2v) is 7.42. The van der Waals surface area contributed by atoms with Gasteiger partial charge in [0.1, 0.15) is 17.2 Å². The monoisotopic (exact) mass is 440 g/mol. The Bertz CT molecular complexity index is 1510. The van der Waals surface area contributed by atoms with Gasteiger partial charge in [-0.15, -0.1) is 4.95 Å². The number of hydrogen-bond donors (Lipinski definition) is 0. The van der Waals surface area contributed by atoms with E-state index >= 15 is 0 Å². The Hall–Kier alpha value is -5.20. The number of nitriles is 1. The first-order chi connectivity index (χ1) is 16.7. The molecule has 0 aromatic heterocycles. The fourth-order valence-corrected chi connectivity index (χ4v) is 3.69. The van der Waals surface area contributed by atoms with E-state index in [0.717, 1.165) is 21.5 Å². The SMILES string of the molecule is [C-]#[N+]N=C1C=C(Oc2ccc3ccccc3c2)C(=NC#N)C=C1Oc1ccc2ccccc2c1. The van der Waals surface area contributed by atoms with Crippen LogP contribution in [0.25, 0.3) is 26.5 Å². The van der Waals surface area contributed by atoms with Gasteiger partial charge in [-0.1, -0.05) is 60.7 Å². The molecule has 34 heavy (non-hydrogen) atoms. The van der Waals surface area contributed by atoms with Crippen LogP contribution in [0.4, 0.5) is 0 Å². The van der Waals surface area contributed by atoms with Crippen molar-refractivity contribution in [3.63, 3.8) is 0 Å². The molecule has 0 bridgehead atoms. The molecule has 0 saturated carbocycles. The van der Waals surface area contributed by atoms with Crippen molar-refractivity contribution in [3.8, 4) is 17.7 Å². The van der Waals surface area contributed by atoms with Crippen LogP contribution in [0.1, 0.15) is 0 Å². The van der Waals surface area contributed by atoms with Crippen LogP contribution in [-0.4, -0.2) is 11.4 Å². The summed E-state index contributed by atoms with van der Waals surface area (Å²) in [6.45, 7) is 7.23. The maximum atomic E-state index is 9.24. The lowest BCUT2D eigenvalue weighted by Crippen LogP contribution is -2.20. The van der Waals surface area contributed by atoms with E-state index in [2.05, 4.69) is 15.0 Å². The molecule has 6 heteroatoms. The lowest BCUT2D eigenvalue weighted by atomic mass is 10.1. The molecule has 0 saturated heterocycles. The average Bonchev–Trinajstić information content (AvgIpc) is 2.86. The van der Waals surface area contributed by atoms with E-state index in [1.807, 2.05) is 84.9 Å². The maximum absolute atomic E-state index is 9.24. The summed E-state index contributed by atoms with van der Waals surface area (Å²) in [6, 6.07) is 27.2. The molecule has 0 aliphatic heterocycles. The molecule has 0 amide bonds. The summed E-state index contributed by atoms with van der Waals surface area (Å²) < 4.78 is 12.1. The molecule has 0 unspecified atom stereocenters. The molecule has 4 aromatic carbocycles. The van der Waals surface area contributed by atoms with Crippen LogP contribution in [0.2, 0.25) is 0 Å². The Morgan fingerprint density at radius 1 is 0.676 bits per heavy atom. The number of ether oxygens (including phenoxy) is 2. The lowest BCUT2D eigenvalue weighted by Gasteiger charge is -2.17. The molecule has 0 spiro atoms. The molecular weight excluding hydrogens is 424 g/mol. The number of nitrogens with zero attached hydrogens (tertiary/aromatic N) is 4. The molecule has 0 N–H and O–H groups in total. The van der Waals surface area contributed by atoms with Crippen LogP contribution in [0.15, 0.2) is 119 Å². The van der Waals surface area contributed by atoms with Gasteiger partial charge in [-0.05, 0) is 45.8 Å². The zero-order valence-corrected chi connectivity index (χ0v) is 17.8. The largest absolute Gasteiger partial charge is 0.455 e. The average molecular weight is 440 g/mol. The molecule has 0 radical (unpaired) electrons. The first-order valence-electron chi connectivity index (χ1n) is 10.4. The van der Waals surface area contributed by atoms with Crippen LogP contribution in [0, 0.1) is 18.0 Å². The summed E-state index contributed by atoms with van der Waals surface area (Å²) in [7, 11) is 0. The highest BCUT2D eigenvalue weighted by atomic mass is 16.5. The minimum atomic E-state index is 0.273. The van der Waals surface area contributed by atoms with Crippen LogP contribution in [-0.2, 0) is 0 Å². The standard InChI is InChI=1S/C28H16N4O2/c1-30-32-26-17-27(33-23-12-10-19-6-2-4-8-21(19)14-23)25(31-18-29)16-28(26)34-24-13-11-20-7-3-5-9-22(20)15-24/h2-17H. The smallest absolute Gasteiger partial charge is 0.206 e. The van der Waals surface area contributed by atoms with Crippen molar-refractivity contribution in [1.29, 1.82) is 5.26 Å². The third-order valence-electron chi connectivity index (χ3n) is 5.27. The van der Waals surface area contributed by atoms with Gasteiger partial charge in [0, 0.05) is 12.2 Å². The maximum Gasteiger partial charge on any atom is 0.206 e. The molecule has 4 aromatic rings. The van der Waals surface area contributed by atoms with Crippen molar-refractivity contribution in [3.05, 3.63) is 120 Å². The Morgan fingerprint density at radius 3 is 1.71 bits per heavy atom. The van der Waals surface area contributed by atoms with Gasteiger partial charge in [0.05, 0.1) is 5.10 Å². The first kappa shape index (κ1) is 20.7. The highest BCUT2D eigenvalue weighted by molar-refractivity contribution is 6.22. The molecule has 6 nitrogen and oxygen atoms in total. The normalized spacial score (nSPS) is 15.5. The highest BCUT2D eigenvalue weighted by Gasteiger charge is 2.24. The van der Waals surface area contributed by atoms with Crippen LogP contribution in [0.5, 0.6) is 11.5 Å². The Balaban J connectivity index is 1.48. The van der Waals surface area contributed by atoms with Gasteiger partial charge in [0.25, 0.3) is 0 Å². The molecule has 1 aliphatic carbocycles. The third kappa shape index (κ3) is 4.25. The Morgan fingerprint density at radius 2 is 1.18 bits per heavy atom. The van der Waals surface area contributed by atoms with E-state index in [1.54, 1.807) is 18.3 Å². The topological polar surface area (TPSA) is 71.3 Å². The highest BCUT2D eigenvalue weighted by Crippen LogP contribution is 2.27. The number of benzene rings is 4. The predicted molar refractivity (Wildman–Crippen MR) is 132 cm³/mol. The van der Waals surface area contributed by atoms with Crippen molar-refractivity contribution >= 4 is 33.0 Å². The number of fused-ring (bicyclic) bond motifs is 2. The zero-order chi connectivity index (χ0) is 23.3. The van der Waals surface area contributed by atoms with E-state index in [-0.39, 0.29) is 11.4 Å². The fourth-order valence-electron chi connectivity index (χ4n) is 3.69. The minimum Gasteiger partial charge on any atom is -0.455 e. The third-order valence-corrected chi connectivity index (χ3v) is 5.27. The van der Waals surface area contributed by atoms with Gasteiger partial charge >= 0.3 is 0 Å². The number of aliphatic imine (C=N–C) groups is 1. The fraction of sp³-hybridized carbons (Fsp3) is 0. The number of hydrogen-bond acceptors (Lipinski definition) is 5. The molecule has 160 valence electrons. The summed E-state index contributed by atoms with van der Waals surface area (Å²) in [5, 5.41) is 17.3. The van der Waals surface area contributed by atoms with Crippen molar-refractivity contribution in [1.82, 2.24) is 0 Å². The zero-order valence-electron chi connectivity index (χ0n) is 17.8. The van der Waals surface area contributed by atoms with E-state index in [4.69, 9.17) is 16.0 Å². The van der Waals surface area contributed by atoms with E-state index in [9.17, 15) is 5.26 Å². The predicted octanol–water partition coefficient (Wildman–Crippen LogP) is 6.43. The molecule has 5 rings (SSSR count). The number of allylic oxidation sites excluding steroid dienone is 2. The minimum absolute atomic E-state index is 0.273. The molecular formula is C28H16N4O2. The van der Waals surface area contributed by atoms with Gasteiger partial charge in [0.2, 0.25) is 6.19 Å². The summed E-state index contributed by atoms with van der Waals surface area (Å²) >= 11 is 0. The summed E-state index contributed by atoms with van der Waals surface area (Å²) in [6.07, 6.45) is 4.91. The second kappa shape index (κ2) is 9.12. The Kier molecular flexibility index (Phi) is 5.55. The van der Waals surface area contributed by atoms with Crippen molar-refractivity contribution in [2.75, 3.05) is 0 Å². The van der Waals surface area contributed by atoms with Gasteiger partial charge < -0.3 is 9.47 Å². The van der Waals surface area contributed by atoms with Gasteiger partial charge in [-0.3, -0.25) is 0 Å². The molecule has 0 fully saturated rings. The van der Waals surface area contributed by atoms with E-state index in [1.165, 1.54) is 0 Å². The lowest BCUT2D eigenvalue weighted by molar-refractivity contribution is 0.443. The molecule has 1 aliphatic rings. The van der Waals surface area contributed by atoms with Crippen molar-refractivity contribution in [2.45, 2.75) is 0 Å². The van der Waals surface area contributed by atoms with E-state index in [0.29, 0.717) is 23.0 Å². The second-order valence-electron chi connectivity index (χ2n) is 7.42. The van der Waals surface area contributed by atoms with Crippen LogP contribution < -0.4 is 9.47 Å². The first-order valence-corrected chi connectivity index (χ1v) is 10.4. The summed E-state index contributed by atoms with van der Waals surface area (Å²) in [4.78, 5) is 7.07. The Labute approximate surface area is 195 Å². The van der Waals surface area contributed by atoms with Gasteiger partial charge in [-0.25, -0.2) is 0 Å². The number of rotatable bonds is 4. The van der Waals surface area contributed by atoms with Crippen molar-refractivity contribution in [2.24, 2.45) is 10.1 Å². The van der Waals surface area contributed by atoms with Gasteiger partial charge in [-0.2, -0.15) is 16.8 Å². The van der Waals surface area contributed by atoms with Crippen LogP contribution >= 0.6 is 0 Å². The van der Waals surface area contributed by atoms with Crippen LogP contribution in [0.3, 0.4) is 0 Å². The van der Waals surface area contributed by atoms with E-state index < -0.39 is 0 Å². The molecule has 0 atom stereocenters. The van der Waals surface area contributed by atoms with Crippen molar-refractivity contribution < 1.29 is 9.47 Å². The molecule has 0 heterocycles. The summed E-state index contributed by atoms with van der Waals surface area (Å²) in [5.74, 6) is 1.74. The summed E-state index contributed by atoms with van der Waals surface area (Å²) in [5.41, 5.74) is 0.547. The van der Waals surface area contributed by atoms with Gasteiger partial charge in [0.15, 0.2) is 17.2 Å².